The topological polar surface area (TPSA) is 3.24 Å². The van der Waals surface area contributed by atoms with Gasteiger partial charge in [-0.1, -0.05) is 115 Å². The van der Waals surface area contributed by atoms with Crippen LogP contribution in [-0.4, -0.2) is 0 Å². The van der Waals surface area contributed by atoms with Gasteiger partial charge in [-0.25, -0.2) is 0 Å². The molecule has 1 aliphatic carbocycles. The zero-order chi connectivity index (χ0) is 25.7. The second-order valence-corrected chi connectivity index (χ2v) is 9.82. The van der Waals surface area contributed by atoms with Crippen LogP contribution < -0.4 is 4.90 Å². The Labute approximate surface area is 226 Å². The fraction of sp³-hybridized carbons (Fsp3) is 0.0811. The molecular weight excluding hydrogens is 458 g/mol. The molecule has 1 heteroatoms. The summed E-state index contributed by atoms with van der Waals surface area (Å²) in [6, 6.07) is 46.0. The molecule has 5 aromatic rings. The van der Waals surface area contributed by atoms with E-state index in [9.17, 15) is 0 Å². The minimum atomic E-state index is 1.11. The van der Waals surface area contributed by atoms with Crippen LogP contribution in [0.3, 0.4) is 0 Å². The molecule has 5 aromatic carbocycles. The predicted octanol–water partition coefficient (Wildman–Crippen LogP) is 10.5. The number of allylic oxidation sites excluding steroid dienone is 4. The summed E-state index contributed by atoms with van der Waals surface area (Å²) in [5.41, 5.74) is 12.1. The molecule has 0 unspecified atom stereocenters. The lowest BCUT2D eigenvalue weighted by atomic mass is 9.96. The van der Waals surface area contributed by atoms with Gasteiger partial charge in [-0.05, 0) is 84.0 Å². The van der Waals surface area contributed by atoms with Crippen molar-refractivity contribution in [1.29, 1.82) is 0 Å². The van der Waals surface area contributed by atoms with Crippen LogP contribution in [0, 0.1) is 6.92 Å². The van der Waals surface area contributed by atoms with E-state index in [0.29, 0.717) is 0 Å². The smallest absolute Gasteiger partial charge is 0.0540 e. The average molecular weight is 490 g/mol. The number of hydrogen-bond acceptors (Lipinski definition) is 1. The van der Waals surface area contributed by atoms with Gasteiger partial charge in [-0.2, -0.15) is 0 Å². The van der Waals surface area contributed by atoms with Gasteiger partial charge in [0.05, 0.1) is 5.69 Å². The maximum Gasteiger partial charge on any atom is 0.0540 e. The molecule has 1 nitrogen and oxygen atoms in total. The quantitative estimate of drug-likeness (QED) is 0.229. The molecule has 0 heterocycles. The highest BCUT2D eigenvalue weighted by molar-refractivity contribution is 5.89. The first-order valence-electron chi connectivity index (χ1n) is 13.4. The predicted molar refractivity (Wildman–Crippen MR) is 163 cm³/mol. The summed E-state index contributed by atoms with van der Waals surface area (Å²) in [5.74, 6) is 0. The molecule has 0 radical (unpaired) electrons. The van der Waals surface area contributed by atoms with Crippen molar-refractivity contribution >= 4 is 22.6 Å². The molecule has 0 saturated carbocycles. The van der Waals surface area contributed by atoms with Crippen LogP contribution in [0.4, 0.5) is 17.1 Å². The summed E-state index contributed by atoms with van der Waals surface area (Å²) in [6.07, 6.45) is 9.08. The third-order valence-electron chi connectivity index (χ3n) is 7.17. The van der Waals surface area contributed by atoms with Gasteiger partial charge < -0.3 is 4.90 Å². The first-order chi connectivity index (χ1) is 18.8. The molecule has 0 spiro atoms. The van der Waals surface area contributed by atoms with E-state index in [1.807, 2.05) is 0 Å². The third kappa shape index (κ3) is 4.96. The van der Waals surface area contributed by atoms with Gasteiger partial charge in [-0.3, -0.25) is 0 Å². The highest BCUT2D eigenvalue weighted by atomic mass is 15.1. The monoisotopic (exact) mass is 489 g/mol. The second kappa shape index (κ2) is 10.8. The first kappa shape index (κ1) is 23.8. The lowest BCUT2D eigenvalue weighted by molar-refractivity contribution is 1.04. The first-order valence-corrected chi connectivity index (χ1v) is 13.4. The van der Waals surface area contributed by atoms with Crippen molar-refractivity contribution in [2.75, 3.05) is 4.90 Å². The average Bonchev–Trinajstić information content (AvgIpc) is 2.99. The van der Waals surface area contributed by atoms with Crippen LogP contribution in [0.5, 0.6) is 0 Å². The van der Waals surface area contributed by atoms with Crippen molar-refractivity contribution in [3.8, 4) is 22.3 Å². The van der Waals surface area contributed by atoms with Crippen molar-refractivity contribution in [3.05, 3.63) is 157 Å². The lowest BCUT2D eigenvalue weighted by Gasteiger charge is -2.28. The minimum Gasteiger partial charge on any atom is -0.310 e. The fourth-order valence-electron chi connectivity index (χ4n) is 5.16. The Hall–Kier alpha value is -4.62. The Kier molecular flexibility index (Phi) is 6.74. The standard InChI is InChI=1S/C37H31N/c1-28-19-21-31(22-20-28)32-13-10-14-33(27-32)36-17-8-9-18-37(36)38(34-15-6-3-7-16-34)35-25-23-30(24-26-35)29-11-4-2-5-12-29/h3-4,6-27H,2,5H2,1H3. The summed E-state index contributed by atoms with van der Waals surface area (Å²) in [6.45, 7) is 2.13. The third-order valence-corrected chi connectivity index (χ3v) is 7.17. The number of hydrogen-bond donors (Lipinski definition) is 0. The maximum absolute atomic E-state index is 2.36. The zero-order valence-electron chi connectivity index (χ0n) is 21.7. The SMILES string of the molecule is Cc1ccc(-c2cccc(-c3ccccc3N(c3ccccc3)c3ccc(C4=CCCC=C4)cc3)c2)cc1. The van der Waals surface area contributed by atoms with E-state index < -0.39 is 0 Å². The van der Waals surface area contributed by atoms with Crippen molar-refractivity contribution in [1.82, 2.24) is 0 Å². The largest absolute Gasteiger partial charge is 0.310 e. The van der Waals surface area contributed by atoms with Crippen LogP contribution in [-0.2, 0) is 0 Å². The Balaban J connectivity index is 1.44. The number of anilines is 3. The van der Waals surface area contributed by atoms with E-state index in [1.54, 1.807) is 0 Å². The van der Waals surface area contributed by atoms with Crippen molar-refractivity contribution in [3.63, 3.8) is 0 Å². The molecule has 0 aliphatic heterocycles. The van der Waals surface area contributed by atoms with E-state index in [-0.39, 0.29) is 0 Å². The van der Waals surface area contributed by atoms with E-state index in [4.69, 9.17) is 0 Å². The number of aryl methyl sites for hydroxylation is 1. The number of rotatable bonds is 6. The van der Waals surface area contributed by atoms with E-state index in [1.165, 1.54) is 39.0 Å². The molecule has 0 fully saturated rings. The van der Waals surface area contributed by atoms with E-state index in [0.717, 1.165) is 29.9 Å². The molecule has 0 aromatic heterocycles. The molecule has 38 heavy (non-hydrogen) atoms. The fourth-order valence-corrected chi connectivity index (χ4v) is 5.16. The number of para-hydroxylation sites is 2. The van der Waals surface area contributed by atoms with Crippen LogP contribution in [0.1, 0.15) is 24.0 Å². The molecule has 0 amide bonds. The summed E-state index contributed by atoms with van der Waals surface area (Å²) >= 11 is 0. The van der Waals surface area contributed by atoms with Crippen LogP contribution in [0.15, 0.2) is 146 Å². The highest BCUT2D eigenvalue weighted by Crippen LogP contribution is 2.41. The van der Waals surface area contributed by atoms with Crippen LogP contribution in [0.2, 0.25) is 0 Å². The maximum atomic E-state index is 2.36. The summed E-state index contributed by atoms with van der Waals surface area (Å²) in [7, 11) is 0. The van der Waals surface area contributed by atoms with Gasteiger partial charge in [0, 0.05) is 16.9 Å². The molecule has 0 saturated heterocycles. The Morgan fingerprint density at radius 1 is 0.526 bits per heavy atom. The van der Waals surface area contributed by atoms with Crippen LogP contribution in [0.25, 0.3) is 27.8 Å². The molecule has 0 atom stereocenters. The van der Waals surface area contributed by atoms with Crippen molar-refractivity contribution in [2.45, 2.75) is 19.8 Å². The summed E-state index contributed by atoms with van der Waals surface area (Å²) in [4.78, 5) is 2.36. The highest BCUT2D eigenvalue weighted by Gasteiger charge is 2.17. The van der Waals surface area contributed by atoms with Gasteiger partial charge in [-0.15, -0.1) is 0 Å². The van der Waals surface area contributed by atoms with E-state index in [2.05, 4.69) is 157 Å². The number of benzene rings is 5. The second-order valence-electron chi connectivity index (χ2n) is 9.82. The molecule has 0 N–H and O–H groups in total. The summed E-state index contributed by atoms with van der Waals surface area (Å²) in [5, 5.41) is 0. The van der Waals surface area contributed by atoms with Crippen molar-refractivity contribution in [2.24, 2.45) is 0 Å². The van der Waals surface area contributed by atoms with E-state index >= 15 is 0 Å². The number of nitrogens with zero attached hydrogens (tertiary/aromatic N) is 1. The molecular formula is C37H31N. The van der Waals surface area contributed by atoms with Gasteiger partial charge >= 0.3 is 0 Å². The normalized spacial score (nSPS) is 12.7. The molecule has 0 bridgehead atoms. The minimum absolute atomic E-state index is 1.11. The molecule has 6 rings (SSSR count). The van der Waals surface area contributed by atoms with Crippen LogP contribution >= 0.6 is 0 Å². The van der Waals surface area contributed by atoms with Gasteiger partial charge in [0.25, 0.3) is 0 Å². The Morgan fingerprint density at radius 2 is 1.21 bits per heavy atom. The lowest BCUT2D eigenvalue weighted by Crippen LogP contribution is -2.11. The van der Waals surface area contributed by atoms with Gasteiger partial charge in [0.15, 0.2) is 0 Å². The Morgan fingerprint density at radius 3 is 1.97 bits per heavy atom. The zero-order valence-corrected chi connectivity index (χ0v) is 21.7. The van der Waals surface area contributed by atoms with Crippen molar-refractivity contribution < 1.29 is 0 Å². The Bertz CT molecular complexity index is 1590. The van der Waals surface area contributed by atoms with Gasteiger partial charge in [0.2, 0.25) is 0 Å². The molecule has 1 aliphatic rings. The molecule has 184 valence electrons. The van der Waals surface area contributed by atoms with Gasteiger partial charge in [0.1, 0.15) is 0 Å². The summed E-state index contributed by atoms with van der Waals surface area (Å²) < 4.78 is 0.